The first-order chi connectivity index (χ1) is 18.6. The number of nitrogens with zero attached hydrogens (tertiary/aromatic N) is 2. The summed E-state index contributed by atoms with van der Waals surface area (Å²) in [5, 5.41) is 4.44. The second-order valence-electron chi connectivity index (χ2n) is 13.7. The van der Waals surface area contributed by atoms with E-state index in [4.69, 9.17) is 16.3 Å². The van der Waals surface area contributed by atoms with E-state index in [1.807, 2.05) is 17.0 Å². The number of hydrogen-bond acceptors (Lipinski definition) is 4. The molecule has 2 heterocycles. The third kappa shape index (κ3) is 6.12. The van der Waals surface area contributed by atoms with Crippen molar-refractivity contribution in [3.05, 3.63) is 34.9 Å². The standard InChI is InChI=1S/C32H48ClN3O3/c1-22(2)34-26-18-27(23-10-12-25(33)13-11-23)28(19-26)29(37)35-16-14-32(15-17-35,24-8-6-5-7-9-24)20-36-30(38)39-21-31(36,3)4/h10-13,22,24,26-28,34H,5-9,14-21H2,1-4H3. The van der Waals surface area contributed by atoms with Crippen molar-refractivity contribution in [1.29, 1.82) is 0 Å². The molecular weight excluding hydrogens is 510 g/mol. The molecule has 2 aliphatic heterocycles. The Morgan fingerprint density at radius 2 is 1.74 bits per heavy atom. The Labute approximate surface area is 240 Å². The number of nitrogens with one attached hydrogen (secondary N) is 1. The Balaban J connectivity index is 1.33. The quantitative estimate of drug-likeness (QED) is 0.409. The maximum Gasteiger partial charge on any atom is 0.410 e. The maximum absolute atomic E-state index is 14.2. The van der Waals surface area contributed by atoms with Gasteiger partial charge in [-0.2, -0.15) is 0 Å². The van der Waals surface area contributed by atoms with Gasteiger partial charge in [-0.3, -0.25) is 9.69 Å². The van der Waals surface area contributed by atoms with Crippen LogP contribution in [0.1, 0.15) is 97.0 Å². The molecule has 7 heteroatoms. The molecule has 0 spiro atoms. The summed E-state index contributed by atoms with van der Waals surface area (Å²) >= 11 is 6.19. The zero-order chi connectivity index (χ0) is 27.8. The third-order valence-electron chi connectivity index (χ3n) is 10.3. The highest BCUT2D eigenvalue weighted by Gasteiger charge is 2.50. The van der Waals surface area contributed by atoms with Crippen molar-refractivity contribution in [2.24, 2.45) is 17.3 Å². The first-order valence-electron chi connectivity index (χ1n) is 15.3. The largest absolute Gasteiger partial charge is 0.447 e. The van der Waals surface area contributed by atoms with Crippen molar-refractivity contribution in [3.63, 3.8) is 0 Å². The highest BCUT2D eigenvalue weighted by atomic mass is 35.5. The number of carbonyl (C=O) groups is 2. The van der Waals surface area contributed by atoms with E-state index in [-0.39, 0.29) is 28.9 Å². The Morgan fingerprint density at radius 1 is 1.08 bits per heavy atom. The molecule has 3 atom stereocenters. The zero-order valence-electron chi connectivity index (χ0n) is 24.4. The van der Waals surface area contributed by atoms with Crippen LogP contribution in [0.4, 0.5) is 4.79 Å². The van der Waals surface area contributed by atoms with Crippen LogP contribution in [-0.4, -0.2) is 65.7 Å². The highest BCUT2D eigenvalue weighted by molar-refractivity contribution is 6.30. The van der Waals surface area contributed by atoms with Crippen LogP contribution < -0.4 is 5.32 Å². The summed E-state index contributed by atoms with van der Waals surface area (Å²) in [6.07, 6.45) is 9.95. The zero-order valence-corrected chi connectivity index (χ0v) is 25.1. The Morgan fingerprint density at radius 3 is 2.33 bits per heavy atom. The van der Waals surface area contributed by atoms with Gasteiger partial charge in [0.2, 0.25) is 5.91 Å². The molecule has 1 aromatic carbocycles. The topological polar surface area (TPSA) is 61.9 Å². The van der Waals surface area contributed by atoms with Crippen LogP contribution in [0, 0.1) is 17.3 Å². The molecule has 2 aliphatic carbocycles. The number of halogens is 1. The molecule has 3 unspecified atom stereocenters. The first-order valence-corrected chi connectivity index (χ1v) is 15.7. The lowest BCUT2D eigenvalue weighted by molar-refractivity contribution is -0.139. The second-order valence-corrected chi connectivity index (χ2v) is 14.2. The Hall–Kier alpha value is -1.79. The van der Waals surface area contributed by atoms with E-state index in [9.17, 15) is 9.59 Å². The maximum atomic E-state index is 14.2. The number of ether oxygens (including phenoxy) is 1. The van der Waals surface area contributed by atoms with Crippen LogP contribution in [0.2, 0.25) is 5.02 Å². The molecule has 39 heavy (non-hydrogen) atoms. The molecule has 4 fully saturated rings. The summed E-state index contributed by atoms with van der Waals surface area (Å²) in [7, 11) is 0. The van der Waals surface area contributed by atoms with Gasteiger partial charge in [0.05, 0.1) is 5.54 Å². The molecule has 2 amide bonds. The smallest absolute Gasteiger partial charge is 0.410 e. The van der Waals surface area contributed by atoms with E-state index in [0.29, 0.717) is 30.5 Å². The molecule has 2 saturated heterocycles. The molecule has 4 aliphatic rings. The molecule has 1 aromatic rings. The summed E-state index contributed by atoms with van der Waals surface area (Å²) in [4.78, 5) is 31.1. The van der Waals surface area contributed by atoms with Gasteiger partial charge in [-0.1, -0.05) is 56.8 Å². The van der Waals surface area contributed by atoms with Gasteiger partial charge in [-0.25, -0.2) is 4.79 Å². The van der Waals surface area contributed by atoms with E-state index in [1.165, 1.54) is 37.7 Å². The van der Waals surface area contributed by atoms with Crippen LogP contribution >= 0.6 is 11.6 Å². The Bertz CT molecular complexity index is 1010. The van der Waals surface area contributed by atoms with Gasteiger partial charge in [-0.15, -0.1) is 0 Å². The first kappa shape index (κ1) is 28.7. The van der Waals surface area contributed by atoms with E-state index < -0.39 is 0 Å². The van der Waals surface area contributed by atoms with Crippen molar-refractivity contribution in [2.45, 2.75) is 109 Å². The monoisotopic (exact) mass is 557 g/mol. The summed E-state index contributed by atoms with van der Waals surface area (Å²) in [5.41, 5.74) is 0.999. The third-order valence-corrected chi connectivity index (χ3v) is 10.5. The fraction of sp³-hybridized carbons (Fsp3) is 0.750. The normalized spacial score (nSPS) is 29.2. The molecule has 0 radical (unpaired) electrons. The summed E-state index contributed by atoms with van der Waals surface area (Å²) in [5.74, 6) is 1.11. The number of hydrogen-bond donors (Lipinski definition) is 1. The van der Waals surface area contributed by atoms with Crippen molar-refractivity contribution in [2.75, 3.05) is 26.2 Å². The fourth-order valence-electron chi connectivity index (χ4n) is 8.05. The van der Waals surface area contributed by atoms with Crippen LogP contribution in [0.5, 0.6) is 0 Å². The minimum Gasteiger partial charge on any atom is -0.447 e. The number of carbonyl (C=O) groups excluding carboxylic acids is 2. The summed E-state index contributed by atoms with van der Waals surface area (Å²) < 4.78 is 5.49. The van der Waals surface area contributed by atoms with Crippen molar-refractivity contribution in [3.8, 4) is 0 Å². The van der Waals surface area contributed by atoms with Crippen LogP contribution in [0.25, 0.3) is 0 Å². The number of amides is 2. The molecular formula is C32H48ClN3O3. The lowest BCUT2D eigenvalue weighted by Crippen LogP contribution is -2.55. The molecule has 216 valence electrons. The van der Waals surface area contributed by atoms with Crippen molar-refractivity contribution >= 4 is 23.6 Å². The number of likely N-dealkylation sites (tertiary alicyclic amines) is 1. The van der Waals surface area contributed by atoms with Gasteiger partial charge in [0.25, 0.3) is 0 Å². The summed E-state index contributed by atoms with van der Waals surface area (Å²) in [6, 6.07) is 8.84. The molecule has 5 rings (SSSR count). The molecule has 0 bridgehead atoms. The van der Waals surface area contributed by atoms with E-state index in [2.05, 4.69) is 50.0 Å². The number of rotatable bonds is 7. The SMILES string of the molecule is CC(C)NC1CC(C(=O)N2CCC(CN3C(=O)OCC3(C)C)(C3CCCCC3)CC2)C(c2ccc(Cl)cc2)C1. The predicted molar refractivity (Wildman–Crippen MR) is 156 cm³/mol. The lowest BCUT2D eigenvalue weighted by atomic mass is 9.63. The molecule has 6 nitrogen and oxygen atoms in total. The van der Waals surface area contributed by atoms with E-state index in [1.54, 1.807) is 0 Å². The average molecular weight is 558 g/mol. The lowest BCUT2D eigenvalue weighted by Gasteiger charge is -2.51. The average Bonchev–Trinajstić information content (AvgIpc) is 3.45. The van der Waals surface area contributed by atoms with E-state index in [0.717, 1.165) is 50.3 Å². The number of piperidine rings is 1. The van der Waals surface area contributed by atoms with Crippen LogP contribution in [-0.2, 0) is 9.53 Å². The summed E-state index contributed by atoms with van der Waals surface area (Å²) in [6.45, 7) is 11.4. The molecule has 0 aromatic heterocycles. The van der Waals surface area contributed by atoms with Crippen LogP contribution in [0.15, 0.2) is 24.3 Å². The van der Waals surface area contributed by atoms with Crippen LogP contribution in [0.3, 0.4) is 0 Å². The van der Waals surface area contributed by atoms with Gasteiger partial charge in [0, 0.05) is 42.7 Å². The molecule has 1 N–H and O–H groups in total. The predicted octanol–water partition coefficient (Wildman–Crippen LogP) is 6.62. The van der Waals surface area contributed by atoms with E-state index >= 15 is 0 Å². The van der Waals surface area contributed by atoms with Gasteiger partial charge >= 0.3 is 6.09 Å². The number of benzene rings is 1. The van der Waals surface area contributed by atoms with Gasteiger partial charge < -0.3 is 15.0 Å². The van der Waals surface area contributed by atoms with Gasteiger partial charge in [0.15, 0.2) is 0 Å². The van der Waals surface area contributed by atoms with Crippen molar-refractivity contribution in [1.82, 2.24) is 15.1 Å². The second kappa shape index (κ2) is 11.6. The minimum atomic E-state index is -0.278. The van der Waals surface area contributed by atoms with Gasteiger partial charge in [0.1, 0.15) is 6.61 Å². The highest BCUT2D eigenvalue weighted by Crippen LogP contribution is 2.49. The minimum absolute atomic E-state index is 0.0166. The fourth-order valence-corrected chi connectivity index (χ4v) is 8.17. The van der Waals surface area contributed by atoms with Crippen molar-refractivity contribution < 1.29 is 14.3 Å². The number of cyclic esters (lactones) is 1. The Kier molecular flexibility index (Phi) is 8.54. The molecule has 2 saturated carbocycles. The van der Waals surface area contributed by atoms with Gasteiger partial charge in [-0.05, 0) is 87.3 Å².